The molecule has 0 heterocycles. The highest BCUT2D eigenvalue weighted by Crippen LogP contribution is 2.24. The Morgan fingerprint density at radius 1 is 1.04 bits per heavy atom. The second-order valence-electron chi connectivity index (χ2n) is 5.37. The van der Waals surface area contributed by atoms with Gasteiger partial charge in [-0.3, -0.25) is 4.99 Å². The zero-order chi connectivity index (χ0) is 18.1. The summed E-state index contributed by atoms with van der Waals surface area (Å²) in [5, 5.41) is 7.36. The quantitative estimate of drug-likeness (QED) is 0.587. The van der Waals surface area contributed by atoms with E-state index >= 15 is 0 Å². The maximum Gasteiger partial charge on any atom is 0.191 e. The van der Waals surface area contributed by atoms with E-state index in [2.05, 4.69) is 15.6 Å². The van der Waals surface area contributed by atoms with Crippen LogP contribution in [-0.4, -0.2) is 33.8 Å². The number of ether oxygens (including phenoxy) is 2. The van der Waals surface area contributed by atoms with Crippen molar-refractivity contribution >= 4 is 17.6 Å². The number of nitrogens with zero attached hydrogens (tertiary/aromatic N) is 1. The topological polar surface area (TPSA) is 54.9 Å². The van der Waals surface area contributed by atoms with Gasteiger partial charge in [-0.2, -0.15) is 0 Å². The van der Waals surface area contributed by atoms with Gasteiger partial charge in [0.25, 0.3) is 0 Å². The normalized spacial score (nSPS) is 11.1. The van der Waals surface area contributed by atoms with Crippen molar-refractivity contribution in [2.75, 3.05) is 27.8 Å². The number of guanidine groups is 1. The molecule has 0 aromatic heterocycles. The molecule has 0 fully saturated rings. The van der Waals surface area contributed by atoms with Crippen LogP contribution in [0.1, 0.15) is 11.1 Å². The molecule has 2 N–H and O–H groups in total. The molecule has 0 aliphatic rings. The minimum Gasteiger partial charge on any atom is -0.497 e. The smallest absolute Gasteiger partial charge is 0.191 e. The zero-order valence-corrected chi connectivity index (χ0v) is 15.6. The second kappa shape index (κ2) is 9.79. The van der Waals surface area contributed by atoms with E-state index in [1.807, 2.05) is 42.5 Å². The third-order valence-corrected chi connectivity index (χ3v) is 4.18. The predicted octanol–water partition coefficient (Wildman–Crippen LogP) is 3.26. The van der Waals surface area contributed by atoms with Gasteiger partial charge in [0.15, 0.2) is 5.96 Å². The third-order valence-electron chi connectivity index (χ3n) is 3.81. The molecule has 134 valence electrons. The first-order chi connectivity index (χ1) is 12.2. The molecule has 0 aliphatic heterocycles. The SMILES string of the molecule is CN=C(NCCc1ccccc1Cl)NCc1ccc(OC)cc1OC. The summed E-state index contributed by atoms with van der Waals surface area (Å²) in [6.07, 6.45) is 0.826. The van der Waals surface area contributed by atoms with Gasteiger partial charge >= 0.3 is 0 Å². The molecule has 0 radical (unpaired) electrons. The fourth-order valence-electron chi connectivity index (χ4n) is 2.41. The van der Waals surface area contributed by atoms with E-state index in [-0.39, 0.29) is 0 Å². The molecule has 0 bridgehead atoms. The number of methoxy groups -OCH3 is 2. The lowest BCUT2D eigenvalue weighted by Gasteiger charge is -2.14. The van der Waals surface area contributed by atoms with Gasteiger partial charge in [0.1, 0.15) is 11.5 Å². The average molecular weight is 362 g/mol. The van der Waals surface area contributed by atoms with Crippen molar-refractivity contribution in [1.82, 2.24) is 10.6 Å². The number of hydrogen-bond donors (Lipinski definition) is 2. The minimum absolute atomic E-state index is 0.596. The molecule has 0 saturated carbocycles. The molecule has 5 nitrogen and oxygen atoms in total. The van der Waals surface area contributed by atoms with Gasteiger partial charge in [0, 0.05) is 36.8 Å². The van der Waals surface area contributed by atoms with Crippen LogP contribution >= 0.6 is 11.6 Å². The molecule has 0 aliphatic carbocycles. The maximum atomic E-state index is 6.17. The summed E-state index contributed by atoms with van der Waals surface area (Å²) >= 11 is 6.17. The van der Waals surface area contributed by atoms with Crippen LogP contribution in [-0.2, 0) is 13.0 Å². The van der Waals surface area contributed by atoms with Crippen LogP contribution in [0.15, 0.2) is 47.5 Å². The Balaban J connectivity index is 1.87. The number of nitrogens with one attached hydrogen (secondary N) is 2. The van der Waals surface area contributed by atoms with Crippen LogP contribution in [0.2, 0.25) is 5.02 Å². The van der Waals surface area contributed by atoms with Gasteiger partial charge in [-0.15, -0.1) is 0 Å². The Kier molecular flexibility index (Phi) is 7.41. The molecule has 25 heavy (non-hydrogen) atoms. The Labute approximate surface area is 154 Å². The Morgan fingerprint density at radius 2 is 1.84 bits per heavy atom. The van der Waals surface area contributed by atoms with Crippen molar-refractivity contribution in [1.29, 1.82) is 0 Å². The van der Waals surface area contributed by atoms with Gasteiger partial charge in [0.05, 0.1) is 14.2 Å². The van der Waals surface area contributed by atoms with E-state index in [1.165, 1.54) is 0 Å². The fourth-order valence-corrected chi connectivity index (χ4v) is 2.64. The summed E-state index contributed by atoms with van der Waals surface area (Å²) < 4.78 is 10.6. The predicted molar refractivity (Wildman–Crippen MR) is 103 cm³/mol. The van der Waals surface area contributed by atoms with Crippen molar-refractivity contribution in [2.45, 2.75) is 13.0 Å². The van der Waals surface area contributed by atoms with Crippen molar-refractivity contribution in [3.05, 3.63) is 58.6 Å². The first-order valence-corrected chi connectivity index (χ1v) is 8.44. The number of halogens is 1. The molecule has 2 aromatic carbocycles. The van der Waals surface area contributed by atoms with Crippen molar-refractivity contribution in [2.24, 2.45) is 4.99 Å². The highest BCUT2D eigenvalue weighted by molar-refractivity contribution is 6.31. The maximum absolute atomic E-state index is 6.17. The monoisotopic (exact) mass is 361 g/mol. The third kappa shape index (κ3) is 5.57. The molecule has 6 heteroatoms. The molecule has 2 aromatic rings. The number of aliphatic imine (C=N–C) groups is 1. The Morgan fingerprint density at radius 3 is 2.52 bits per heavy atom. The van der Waals surface area contributed by atoms with E-state index in [4.69, 9.17) is 21.1 Å². The molecule has 0 saturated heterocycles. The zero-order valence-electron chi connectivity index (χ0n) is 14.8. The van der Waals surface area contributed by atoms with E-state index in [0.29, 0.717) is 6.54 Å². The molecule has 0 amide bonds. The first kappa shape index (κ1) is 18.9. The van der Waals surface area contributed by atoms with Crippen LogP contribution < -0.4 is 20.1 Å². The molecule has 0 atom stereocenters. The molecule has 0 spiro atoms. The second-order valence-corrected chi connectivity index (χ2v) is 5.78. The van der Waals surface area contributed by atoms with Crippen LogP contribution in [0.4, 0.5) is 0 Å². The minimum atomic E-state index is 0.596. The summed E-state index contributed by atoms with van der Waals surface area (Å²) in [4.78, 5) is 4.24. The van der Waals surface area contributed by atoms with Gasteiger partial charge in [-0.25, -0.2) is 0 Å². The van der Waals surface area contributed by atoms with Crippen molar-refractivity contribution < 1.29 is 9.47 Å². The Bertz CT molecular complexity index is 720. The number of benzene rings is 2. The lowest BCUT2D eigenvalue weighted by molar-refractivity contribution is 0.390. The molecule has 0 unspecified atom stereocenters. The largest absolute Gasteiger partial charge is 0.497 e. The van der Waals surface area contributed by atoms with Crippen molar-refractivity contribution in [3.63, 3.8) is 0 Å². The van der Waals surface area contributed by atoms with Crippen LogP contribution in [0.5, 0.6) is 11.5 Å². The lowest BCUT2D eigenvalue weighted by Crippen LogP contribution is -2.37. The van der Waals surface area contributed by atoms with E-state index in [9.17, 15) is 0 Å². The first-order valence-electron chi connectivity index (χ1n) is 8.06. The number of rotatable bonds is 7. The van der Waals surface area contributed by atoms with Crippen LogP contribution in [0, 0.1) is 0 Å². The number of hydrogen-bond acceptors (Lipinski definition) is 3. The average Bonchev–Trinajstić information content (AvgIpc) is 2.65. The standard InChI is InChI=1S/C19H24ClN3O2/c1-21-19(22-11-10-14-6-4-5-7-17(14)20)23-13-15-8-9-16(24-2)12-18(15)25-3/h4-9,12H,10-11,13H2,1-3H3,(H2,21,22,23). The molecular weight excluding hydrogens is 338 g/mol. The van der Waals surface area contributed by atoms with Gasteiger partial charge in [-0.05, 0) is 30.2 Å². The highest BCUT2D eigenvalue weighted by atomic mass is 35.5. The summed E-state index contributed by atoms with van der Waals surface area (Å²) in [6.45, 7) is 1.34. The summed E-state index contributed by atoms with van der Waals surface area (Å²) in [5.41, 5.74) is 2.14. The fraction of sp³-hybridized carbons (Fsp3) is 0.316. The summed E-state index contributed by atoms with van der Waals surface area (Å²) in [5.74, 6) is 2.27. The highest BCUT2D eigenvalue weighted by Gasteiger charge is 2.06. The van der Waals surface area contributed by atoms with Gasteiger partial charge < -0.3 is 20.1 Å². The van der Waals surface area contributed by atoms with E-state index < -0.39 is 0 Å². The van der Waals surface area contributed by atoms with E-state index in [0.717, 1.165) is 46.6 Å². The van der Waals surface area contributed by atoms with Crippen molar-refractivity contribution in [3.8, 4) is 11.5 Å². The van der Waals surface area contributed by atoms with Crippen LogP contribution in [0.25, 0.3) is 0 Å². The molecular formula is C19H24ClN3O2. The van der Waals surface area contributed by atoms with E-state index in [1.54, 1.807) is 21.3 Å². The lowest BCUT2D eigenvalue weighted by atomic mass is 10.1. The van der Waals surface area contributed by atoms with Crippen LogP contribution in [0.3, 0.4) is 0 Å². The summed E-state index contributed by atoms with van der Waals surface area (Å²) in [7, 11) is 5.03. The summed E-state index contributed by atoms with van der Waals surface area (Å²) in [6, 6.07) is 13.6. The Hall–Kier alpha value is -2.40. The van der Waals surface area contributed by atoms with Gasteiger partial charge in [0.2, 0.25) is 0 Å². The van der Waals surface area contributed by atoms with Gasteiger partial charge in [-0.1, -0.05) is 29.8 Å². The molecule has 2 rings (SSSR count).